The van der Waals surface area contributed by atoms with Gasteiger partial charge in [0.1, 0.15) is 87.4 Å². The number of Topliss-reactive ketones (excluding diaryl/α,β-unsaturated/α-hetero) is 5. The summed E-state index contributed by atoms with van der Waals surface area (Å²) in [5.41, 5.74) is 0. The highest BCUT2D eigenvalue weighted by atomic mass is 33.1. The quantitative estimate of drug-likeness (QED) is 0.0253. The van der Waals surface area contributed by atoms with Crippen LogP contribution >= 0.6 is 67.6 Å². The average molecular weight is 945 g/mol. The normalized spacial score (nSPS) is 9.41. The first-order chi connectivity index (χ1) is 27.3. The average Bonchev–Trinajstić information content (AvgIpc) is 3.12. The second-order valence-electron chi connectivity index (χ2n) is 10.5. The fourth-order valence-corrected chi connectivity index (χ4v) is 6.27. The number of esters is 5. The van der Waals surface area contributed by atoms with Gasteiger partial charge < -0.3 is 33.9 Å². The molecule has 0 heterocycles. The van der Waals surface area contributed by atoms with Gasteiger partial charge in [-0.15, -0.1) is 0 Å². The minimum atomic E-state index is -0.513. The van der Waals surface area contributed by atoms with Gasteiger partial charge >= 0.3 is 29.8 Å². The van der Waals surface area contributed by atoms with Crippen molar-refractivity contribution in [3.05, 3.63) is 0 Å². The number of aliphatic hydroxyl groups is 2. The van der Waals surface area contributed by atoms with Crippen LogP contribution in [0.2, 0.25) is 0 Å². The Morgan fingerprint density at radius 1 is 0.448 bits per heavy atom. The maximum absolute atomic E-state index is 11.0. The third-order valence-corrected chi connectivity index (χ3v) is 10.4. The van der Waals surface area contributed by atoms with E-state index in [0.717, 1.165) is 23.0 Å². The molecule has 0 fully saturated rings. The number of rotatable bonds is 28. The van der Waals surface area contributed by atoms with Crippen LogP contribution < -0.4 is 0 Å². The van der Waals surface area contributed by atoms with Gasteiger partial charge in [0, 0.05) is 34.5 Å². The fourth-order valence-electron chi connectivity index (χ4n) is 2.50. The Labute approximate surface area is 367 Å². The summed E-state index contributed by atoms with van der Waals surface area (Å²) in [4.78, 5) is 106. The van der Waals surface area contributed by atoms with Crippen molar-refractivity contribution < 1.29 is 81.8 Å². The molecule has 0 amide bonds. The van der Waals surface area contributed by atoms with Gasteiger partial charge in [0.25, 0.3) is 0 Å². The third kappa shape index (κ3) is 71.4. The lowest BCUT2D eigenvalue weighted by atomic mass is 10.3. The summed E-state index contributed by atoms with van der Waals surface area (Å²) in [6, 6.07) is 0. The molecule has 0 saturated heterocycles. The first kappa shape index (κ1) is 64.9. The lowest BCUT2D eigenvalue weighted by molar-refractivity contribution is -0.146. The largest absolute Gasteiger partial charge is 0.469 e. The van der Waals surface area contributed by atoms with Crippen molar-refractivity contribution >= 4 is 126 Å². The Bertz CT molecular complexity index is 1130. The van der Waals surface area contributed by atoms with E-state index in [1.54, 1.807) is 33.3 Å². The highest BCUT2D eigenvalue weighted by Crippen LogP contribution is 2.20. The van der Waals surface area contributed by atoms with Crippen LogP contribution in [-0.4, -0.2) is 156 Å². The summed E-state index contributed by atoms with van der Waals surface area (Å²) in [7, 11) is 7.38. The minimum Gasteiger partial charge on any atom is -0.469 e. The highest BCUT2D eigenvalue weighted by Gasteiger charge is 2.08. The van der Waals surface area contributed by atoms with Gasteiger partial charge in [-0.05, 0) is 40.4 Å². The standard InChI is InChI=1S/C12H18O6S2.C8H14O3S.C6H10O3S.C5H8O3.C4H10O2S2/c1-9(13)7-11(15)17-3-5-19-20-6-4-18-12(16)8-10(2)14;1-3-12-5-4-11-8(10)6-7(2)9;1-5(7)4-6(8)9-2-3-10;1-4(6)3-5(7)8-2;5-1-3-7-8-4-2-6/h3-8H2,1-2H3;3-6H2,1-2H3;10H,2-4H2,1H3;3H2,1-2H3;5-6H,1-4H2. The summed E-state index contributed by atoms with van der Waals surface area (Å²) in [5.74, 6) is 1.69. The molecule has 2 N–H and O–H groups in total. The molecule has 17 nitrogen and oxygen atoms in total. The van der Waals surface area contributed by atoms with Crippen molar-refractivity contribution in [1.82, 2.24) is 0 Å². The number of ether oxygens (including phenoxy) is 5. The number of thiol groups is 1. The first-order valence-corrected chi connectivity index (χ1v) is 24.1. The molecule has 338 valence electrons. The maximum atomic E-state index is 11.0. The molecule has 0 saturated carbocycles. The Balaban J connectivity index is -0.000000213. The molecule has 0 aliphatic carbocycles. The second-order valence-corrected chi connectivity index (χ2v) is 17.8. The topological polar surface area (TPSA) is 257 Å². The van der Waals surface area contributed by atoms with Gasteiger partial charge in [-0.3, -0.25) is 47.9 Å². The molecule has 0 aliphatic rings. The fraction of sp³-hybridized carbons (Fsp3) is 0.714. The van der Waals surface area contributed by atoms with E-state index in [2.05, 4.69) is 22.1 Å². The zero-order valence-electron chi connectivity index (χ0n) is 34.2. The number of carbonyl (C=O) groups excluding carboxylic acids is 10. The molecule has 0 aromatic carbocycles. The smallest absolute Gasteiger partial charge is 0.313 e. The zero-order chi connectivity index (χ0) is 45.6. The van der Waals surface area contributed by atoms with E-state index in [9.17, 15) is 47.9 Å². The van der Waals surface area contributed by atoms with Gasteiger partial charge in [0.15, 0.2) is 0 Å². The summed E-state index contributed by atoms with van der Waals surface area (Å²) in [6.45, 7) is 10.4. The van der Waals surface area contributed by atoms with E-state index < -0.39 is 29.8 Å². The van der Waals surface area contributed by atoms with Gasteiger partial charge in [0.2, 0.25) is 0 Å². The molecule has 0 spiro atoms. The van der Waals surface area contributed by atoms with Crippen molar-refractivity contribution in [2.24, 2.45) is 0 Å². The summed E-state index contributed by atoms with van der Waals surface area (Å²) in [5, 5.41) is 16.5. The number of methoxy groups -OCH3 is 1. The van der Waals surface area contributed by atoms with E-state index in [0.29, 0.717) is 23.9 Å². The number of hydrogen-bond donors (Lipinski definition) is 3. The molecule has 0 aromatic heterocycles. The van der Waals surface area contributed by atoms with Crippen LogP contribution in [0.5, 0.6) is 0 Å². The van der Waals surface area contributed by atoms with Crippen LogP contribution in [0.4, 0.5) is 0 Å². The van der Waals surface area contributed by atoms with Crippen molar-refractivity contribution in [3.63, 3.8) is 0 Å². The van der Waals surface area contributed by atoms with E-state index in [1.165, 1.54) is 63.3 Å². The van der Waals surface area contributed by atoms with Crippen LogP contribution in [0.25, 0.3) is 0 Å². The SMILES string of the molecule is CC(=O)CC(=O)OCCS.CC(=O)CC(=O)OCCSSCCOC(=O)CC(C)=O.CCSCCOC(=O)CC(C)=O.COC(=O)CC(C)=O.OCCSSCCO. The zero-order valence-corrected chi connectivity index (χ0v) is 39.2. The number of ketones is 5. The predicted octanol–water partition coefficient (Wildman–Crippen LogP) is 3.60. The monoisotopic (exact) mass is 944 g/mol. The molecule has 0 bridgehead atoms. The molecule has 0 unspecified atom stereocenters. The summed E-state index contributed by atoms with van der Waals surface area (Å²) >= 11 is 5.53. The highest BCUT2D eigenvalue weighted by molar-refractivity contribution is 8.77. The van der Waals surface area contributed by atoms with Crippen LogP contribution in [-0.2, 0) is 71.6 Å². The molecule has 0 atom stereocenters. The van der Waals surface area contributed by atoms with Crippen molar-refractivity contribution in [2.75, 3.05) is 87.0 Å². The van der Waals surface area contributed by atoms with Crippen LogP contribution in [0, 0.1) is 0 Å². The minimum absolute atomic E-state index is 0.100. The predicted molar refractivity (Wildman–Crippen MR) is 233 cm³/mol. The van der Waals surface area contributed by atoms with E-state index in [1.807, 2.05) is 6.92 Å². The van der Waals surface area contributed by atoms with Gasteiger partial charge in [-0.1, -0.05) is 50.1 Å². The Morgan fingerprint density at radius 2 is 0.724 bits per heavy atom. The van der Waals surface area contributed by atoms with Crippen LogP contribution in [0.1, 0.15) is 73.6 Å². The Hall–Kier alpha value is -2.28. The summed E-state index contributed by atoms with van der Waals surface area (Å²) in [6.07, 6.45) is -0.727. The van der Waals surface area contributed by atoms with Gasteiger partial charge in [-0.2, -0.15) is 24.4 Å². The van der Waals surface area contributed by atoms with Crippen molar-refractivity contribution in [2.45, 2.75) is 73.6 Å². The Kier molecular flexibility index (Phi) is 56.9. The number of hydrogen-bond acceptors (Lipinski definition) is 23. The van der Waals surface area contributed by atoms with E-state index in [-0.39, 0.29) is 94.1 Å². The molecular weight excluding hydrogens is 885 g/mol. The number of thioether (sulfide) groups is 1. The molecule has 0 radical (unpaired) electrons. The number of carbonyl (C=O) groups is 10. The first-order valence-electron chi connectivity index (χ1n) is 17.4. The van der Waals surface area contributed by atoms with Crippen LogP contribution in [0.3, 0.4) is 0 Å². The van der Waals surface area contributed by atoms with Gasteiger partial charge in [-0.25, -0.2) is 0 Å². The molecule has 23 heteroatoms. The van der Waals surface area contributed by atoms with Crippen LogP contribution in [0.15, 0.2) is 0 Å². The van der Waals surface area contributed by atoms with E-state index in [4.69, 9.17) is 24.4 Å². The van der Waals surface area contributed by atoms with Gasteiger partial charge in [0.05, 0.1) is 20.3 Å². The Morgan fingerprint density at radius 3 is 0.966 bits per heavy atom. The second kappa shape index (κ2) is 50.9. The lowest BCUT2D eigenvalue weighted by Gasteiger charge is -2.04. The molecule has 58 heavy (non-hydrogen) atoms. The van der Waals surface area contributed by atoms with Crippen molar-refractivity contribution in [1.29, 1.82) is 0 Å². The molecule has 0 aromatic rings. The van der Waals surface area contributed by atoms with Crippen molar-refractivity contribution in [3.8, 4) is 0 Å². The maximum Gasteiger partial charge on any atom is 0.313 e. The number of aliphatic hydroxyl groups excluding tert-OH is 2. The lowest BCUT2D eigenvalue weighted by Crippen LogP contribution is -2.11. The summed E-state index contributed by atoms with van der Waals surface area (Å²) < 4.78 is 23.2. The third-order valence-electron chi connectivity index (χ3n) is 4.62. The van der Waals surface area contributed by atoms with E-state index >= 15 is 0 Å². The molecular formula is C35H60O17S6. The molecule has 0 aliphatic heterocycles. The molecule has 0 rings (SSSR count).